The van der Waals surface area contributed by atoms with Gasteiger partial charge in [-0.3, -0.25) is 14.7 Å². The highest BCUT2D eigenvalue weighted by molar-refractivity contribution is 5.98. The number of piperidine rings is 3. The molecule has 2 aromatic carbocycles. The zero-order valence-electron chi connectivity index (χ0n) is 19.3. The first-order valence-corrected chi connectivity index (χ1v) is 12.2. The van der Waals surface area contributed by atoms with Crippen LogP contribution in [0.2, 0.25) is 0 Å². The number of ether oxygens (including phenoxy) is 1. The fourth-order valence-electron chi connectivity index (χ4n) is 6.39. The lowest BCUT2D eigenvalue weighted by Gasteiger charge is -2.64. The van der Waals surface area contributed by atoms with Crippen LogP contribution in [0, 0.1) is 5.92 Å². The molecule has 5 nitrogen and oxygen atoms in total. The average Bonchev–Trinajstić information content (AvgIpc) is 2.88. The van der Waals surface area contributed by atoms with Crippen LogP contribution in [0.25, 0.3) is 10.9 Å². The van der Waals surface area contributed by atoms with E-state index in [1.54, 1.807) is 0 Å². The Bertz CT molecular complexity index is 1200. The van der Waals surface area contributed by atoms with Crippen molar-refractivity contribution >= 4 is 16.8 Å². The molecular weight excluding hydrogens is 410 g/mol. The molecule has 5 fully saturated rings. The van der Waals surface area contributed by atoms with Crippen molar-refractivity contribution in [1.29, 1.82) is 0 Å². The lowest BCUT2D eigenvalue weighted by Crippen LogP contribution is -2.70. The lowest BCUT2D eigenvalue weighted by atomic mass is 9.66. The third-order valence-electron chi connectivity index (χ3n) is 8.28. The summed E-state index contributed by atoms with van der Waals surface area (Å²) < 4.78 is 6.90. The second kappa shape index (κ2) is 7.93. The van der Waals surface area contributed by atoms with Gasteiger partial charge in [-0.1, -0.05) is 37.3 Å². The predicted molar refractivity (Wildman–Crippen MR) is 129 cm³/mol. The highest BCUT2D eigenvalue weighted by Crippen LogP contribution is 2.54. The van der Waals surface area contributed by atoms with E-state index in [2.05, 4.69) is 28.2 Å². The summed E-state index contributed by atoms with van der Waals surface area (Å²) in [6.45, 7) is 6.51. The second-order valence-corrected chi connectivity index (χ2v) is 9.95. The summed E-state index contributed by atoms with van der Waals surface area (Å²) in [5, 5.41) is 4.17. The van der Waals surface area contributed by atoms with Gasteiger partial charge in [0.15, 0.2) is 0 Å². The van der Waals surface area contributed by atoms with E-state index in [4.69, 9.17) is 4.74 Å². The number of benzene rings is 2. The fraction of sp³-hybridized carbons (Fsp3) is 0.429. The van der Waals surface area contributed by atoms with Gasteiger partial charge in [-0.05, 0) is 74.0 Å². The maximum atomic E-state index is 13.1. The number of carbonyl (C=O) groups is 1. The molecule has 8 rings (SSSR count). The Morgan fingerprint density at radius 3 is 2.85 bits per heavy atom. The molecule has 5 aliphatic rings. The molecule has 1 aromatic heterocycles. The van der Waals surface area contributed by atoms with Gasteiger partial charge >= 0.3 is 0 Å². The van der Waals surface area contributed by atoms with Crippen molar-refractivity contribution in [2.24, 2.45) is 5.92 Å². The van der Waals surface area contributed by atoms with Crippen molar-refractivity contribution in [2.75, 3.05) is 13.1 Å². The first kappa shape index (κ1) is 20.8. The van der Waals surface area contributed by atoms with E-state index in [1.807, 2.05) is 61.7 Å². The van der Waals surface area contributed by atoms with Crippen LogP contribution in [0.4, 0.5) is 0 Å². The SMILES string of the molecule is CC[C@]12CN3CC[C@H]1C[C@@H]3[C@H](c1ccnc3ccc(C(=O)N[C@@H](C)c4ccccc4)cc13)O2. The zero-order chi connectivity index (χ0) is 22.6. The summed E-state index contributed by atoms with van der Waals surface area (Å²) in [5.74, 6) is 0.602. The van der Waals surface area contributed by atoms with Gasteiger partial charge in [0.05, 0.1) is 23.3 Å². The number of fused-ring (bicyclic) bond motifs is 3. The molecule has 5 saturated heterocycles. The third kappa shape index (κ3) is 3.37. The van der Waals surface area contributed by atoms with Crippen LogP contribution in [0.5, 0.6) is 0 Å². The number of nitrogens with one attached hydrogen (secondary N) is 1. The summed E-state index contributed by atoms with van der Waals surface area (Å²) in [4.78, 5) is 20.4. The average molecular weight is 442 g/mol. The molecule has 0 radical (unpaired) electrons. The molecule has 0 aliphatic carbocycles. The molecule has 0 spiro atoms. The Hall–Kier alpha value is -2.76. The standard InChI is InChI=1S/C28H31N3O2/c1-3-28-17-31-14-12-21(28)16-25(31)26(33-28)22-11-13-29-24-10-9-20(15-23(22)24)27(32)30-18(2)19-7-5-4-6-8-19/h4-11,13,15,18,21,25-26H,3,12,14,16-17H2,1-2H3,(H,30,32)/t18-,21-,25+,26-,28-/m0/s1. The Labute approximate surface area is 195 Å². The molecule has 3 aromatic rings. The fourth-order valence-corrected chi connectivity index (χ4v) is 6.39. The van der Waals surface area contributed by atoms with Gasteiger partial charge in [-0.15, -0.1) is 0 Å². The van der Waals surface area contributed by atoms with Gasteiger partial charge in [0.2, 0.25) is 0 Å². The Morgan fingerprint density at radius 1 is 1.24 bits per heavy atom. The normalized spacial score (nSPS) is 31.0. The summed E-state index contributed by atoms with van der Waals surface area (Å²) in [6, 6.07) is 18.3. The zero-order valence-corrected chi connectivity index (χ0v) is 19.3. The molecule has 5 aliphatic heterocycles. The summed E-state index contributed by atoms with van der Waals surface area (Å²) in [7, 11) is 0. The quantitative estimate of drug-likeness (QED) is 0.603. The Balaban J connectivity index is 1.33. The van der Waals surface area contributed by atoms with Gasteiger partial charge in [0.1, 0.15) is 0 Å². The van der Waals surface area contributed by atoms with Gasteiger partial charge < -0.3 is 10.1 Å². The number of nitrogens with zero attached hydrogens (tertiary/aromatic N) is 2. The maximum Gasteiger partial charge on any atom is 0.251 e. The van der Waals surface area contributed by atoms with Crippen molar-refractivity contribution in [3.05, 3.63) is 77.5 Å². The first-order chi connectivity index (χ1) is 16.1. The van der Waals surface area contributed by atoms with Gasteiger partial charge in [-0.25, -0.2) is 0 Å². The number of rotatable bonds is 5. The molecule has 6 atom stereocenters. The first-order valence-electron chi connectivity index (χ1n) is 12.2. The van der Waals surface area contributed by atoms with Crippen LogP contribution in [-0.4, -0.2) is 40.5 Å². The third-order valence-corrected chi connectivity index (χ3v) is 8.28. The molecule has 6 heterocycles. The maximum absolute atomic E-state index is 13.1. The number of hydrogen-bond donors (Lipinski definition) is 1. The molecule has 170 valence electrons. The topological polar surface area (TPSA) is 54.5 Å². The van der Waals surface area contributed by atoms with Crippen LogP contribution >= 0.6 is 0 Å². The van der Waals surface area contributed by atoms with Crippen molar-refractivity contribution in [2.45, 2.75) is 56.9 Å². The van der Waals surface area contributed by atoms with Crippen LogP contribution in [0.3, 0.4) is 0 Å². The monoisotopic (exact) mass is 441 g/mol. The molecule has 1 amide bonds. The molecule has 1 N–H and O–H groups in total. The largest absolute Gasteiger partial charge is 0.364 e. The minimum atomic E-state index is -0.0676. The minimum Gasteiger partial charge on any atom is -0.364 e. The van der Waals surface area contributed by atoms with E-state index in [-0.39, 0.29) is 23.7 Å². The van der Waals surface area contributed by atoms with E-state index in [0.29, 0.717) is 17.5 Å². The molecule has 5 heteroatoms. The molecule has 1 unspecified atom stereocenters. The van der Waals surface area contributed by atoms with Gasteiger partial charge in [0.25, 0.3) is 5.91 Å². The van der Waals surface area contributed by atoms with Gasteiger partial charge in [-0.2, -0.15) is 0 Å². The highest BCUT2D eigenvalue weighted by atomic mass is 16.5. The van der Waals surface area contributed by atoms with E-state index in [9.17, 15) is 4.79 Å². The van der Waals surface area contributed by atoms with E-state index in [1.165, 1.54) is 24.9 Å². The van der Waals surface area contributed by atoms with Gasteiger partial charge in [0, 0.05) is 29.7 Å². The van der Waals surface area contributed by atoms with Crippen LogP contribution in [0.15, 0.2) is 60.8 Å². The van der Waals surface area contributed by atoms with Crippen LogP contribution in [-0.2, 0) is 4.74 Å². The van der Waals surface area contributed by atoms with Crippen molar-refractivity contribution < 1.29 is 9.53 Å². The van der Waals surface area contributed by atoms with Crippen LogP contribution < -0.4 is 5.32 Å². The summed E-state index contributed by atoms with van der Waals surface area (Å²) >= 11 is 0. The second-order valence-electron chi connectivity index (χ2n) is 9.95. The van der Waals surface area contributed by atoms with E-state index < -0.39 is 0 Å². The molecular formula is C28H31N3O2. The minimum absolute atomic E-state index is 0.0299. The number of carbonyl (C=O) groups excluding carboxylic acids is 1. The van der Waals surface area contributed by atoms with Crippen LogP contribution in [0.1, 0.15) is 66.7 Å². The summed E-state index contributed by atoms with van der Waals surface area (Å²) in [6.07, 6.45) is 5.41. The number of aromatic nitrogens is 1. The van der Waals surface area contributed by atoms with Crippen molar-refractivity contribution in [3.63, 3.8) is 0 Å². The highest BCUT2D eigenvalue weighted by Gasteiger charge is 2.58. The number of amides is 1. The number of hydrogen-bond acceptors (Lipinski definition) is 4. The predicted octanol–water partition coefficient (Wildman–Crippen LogP) is 5.04. The molecule has 4 bridgehead atoms. The number of pyridine rings is 1. The smallest absolute Gasteiger partial charge is 0.251 e. The molecule has 33 heavy (non-hydrogen) atoms. The Morgan fingerprint density at radius 2 is 2.09 bits per heavy atom. The number of morpholine rings is 1. The van der Waals surface area contributed by atoms with Crippen molar-refractivity contribution in [1.82, 2.24) is 15.2 Å². The van der Waals surface area contributed by atoms with E-state index in [0.717, 1.165) is 29.4 Å². The summed E-state index contributed by atoms with van der Waals surface area (Å²) in [5.41, 5.74) is 3.80. The lowest BCUT2D eigenvalue weighted by molar-refractivity contribution is -0.274. The van der Waals surface area contributed by atoms with Crippen molar-refractivity contribution in [3.8, 4) is 0 Å². The van der Waals surface area contributed by atoms with E-state index >= 15 is 0 Å². The molecule has 0 saturated carbocycles. The Kier molecular flexibility index (Phi) is 5.00.